The summed E-state index contributed by atoms with van der Waals surface area (Å²) in [5, 5.41) is 22.2. The second-order valence-electron chi connectivity index (χ2n) is 8.15. The molecular weight excluding hydrogens is 398 g/mol. The number of aliphatic carboxylic acids is 1. The van der Waals surface area contributed by atoms with Gasteiger partial charge in [0.25, 0.3) is 0 Å². The number of amidine groups is 1. The van der Waals surface area contributed by atoms with Crippen LogP contribution in [0.2, 0.25) is 0 Å². The SMILES string of the molecule is [3H]c1cc(CNC(=O)[C@@H]2CCN2C(=O)[C@H](NCC(=O)O)C2CCCCC2)cc([3H])c1C(=N)N. The number of likely N-dealkylation sites (tertiary alicyclic amines) is 1. The van der Waals surface area contributed by atoms with Crippen LogP contribution in [0.3, 0.4) is 0 Å². The Kier molecular flexibility index (Phi) is 6.70. The molecule has 6 N–H and O–H groups in total. The predicted molar refractivity (Wildman–Crippen MR) is 115 cm³/mol. The van der Waals surface area contributed by atoms with Crippen LogP contribution in [0.1, 0.15) is 52.4 Å². The lowest BCUT2D eigenvalue weighted by molar-refractivity contribution is -0.150. The molecule has 1 aliphatic carbocycles. The predicted octanol–water partition coefficient (Wildman–Crippen LogP) is 0.811. The maximum absolute atomic E-state index is 13.2. The minimum Gasteiger partial charge on any atom is -0.480 e. The molecule has 2 atom stereocenters. The molecule has 2 fully saturated rings. The molecule has 1 aliphatic heterocycles. The second kappa shape index (κ2) is 10.4. The summed E-state index contributed by atoms with van der Waals surface area (Å²) in [5.41, 5.74) is 5.99. The van der Waals surface area contributed by atoms with Crippen LogP contribution in [-0.4, -0.2) is 58.8 Å². The van der Waals surface area contributed by atoms with Gasteiger partial charge < -0.3 is 21.1 Å². The number of rotatable bonds is 9. The van der Waals surface area contributed by atoms with E-state index in [1.165, 1.54) is 17.0 Å². The first-order valence-corrected chi connectivity index (χ1v) is 10.7. The topological polar surface area (TPSA) is 149 Å². The van der Waals surface area contributed by atoms with Gasteiger partial charge in [-0.15, -0.1) is 0 Å². The highest BCUT2D eigenvalue weighted by Crippen LogP contribution is 2.29. The highest BCUT2D eigenvalue weighted by atomic mass is 16.4. The average Bonchev–Trinajstić information content (AvgIpc) is 2.71. The molecule has 31 heavy (non-hydrogen) atoms. The normalized spacial score (nSPS) is 20.8. The number of benzene rings is 1. The smallest absolute Gasteiger partial charge is 0.317 e. The number of nitrogen functional groups attached to an aromatic ring is 1. The number of carboxylic acids is 1. The Balaban J connectivity index is 1.63. The molecule has 168 valence electrons. The van der Waals surface area contributed by atoms with Gasteiger partial charge in [-0.05, 0) is 30.7 Å². The van der Waals surface area contributed by atoms with Gasteiger partial charge in [0.2, 0.25) is 11.8 Å². The Morgan fingerprint density at radius 3 is 2.45 bits per heavy atom. The van der Waals surface area contributed by atoms with Gasteiger partial charge in [0, 0.05) is 18.7 Å². The number of nitrogens with two attached hydrogens (primary N) is 1. The summed E-state index contributed by atoms with van der Waals surface area (Å²) in [7, 11) is 0. The van der Waals surface area contributed by atoms with Crippen LogP contribution in [0.5, 0.6) is 0 Å². The van der Waals surface area contributed by atoms with Crippen molar-refractivity contribution < 1.29 is 22.2 Å². The van der Waals surface area contributed by atoms with E-state index in [-0.39, 0.29) is 54.3 Å². The van der Waals surface area contributed by atoms with Gasteiger partial charge >= 0.3 is 5.97 Å². The zero-order chi connectivity index (χ0) is 24.1. The van der Waals surface area contributed by atoms with E-state index >= 15 is 0 Å². The molecule has 1 heterocycles. The van der Waals surface area contributed by atoms with E-state index in [1.807, 2.05) is 0 Å². The fourth-order valence-electron chi connectivity index (χ4n) is 4.20. The highest BCUT2D eigenvalue weighted by Gasteiger charge is 2.42. The number of hydrogen-bond acceptors (Lipinski definition) is 5. The van der Waals surface area contributed by atoms with Gasteiger partial charge in [0.15, 0.2) is 0 Å². The van der Waals surface area contributed by atoms with Gasteiger partial charge in [-0.1, -0.05) is 43.5 Å². The zero-order valence-electron chi connectivity index (χ0n) is 19.4. The van der Waals surface area contributed by atoms with E-state index in [0.717, 1.165) is 32.1 Å². The number of nitrogens with one attached hydrogen (secondary N) is 3. The number of carbonyl (C=O) groups excluding carboxylic acids is 2. The minimum absolute atomic E-state index is 0.0449. The molecule has 3 rings (SSSR count). The summed E-state index contributed by atoms with van der Waals surface area (Å²) in [6.07, 6.45) is 5.35. The standard InChI is InChI=1S/C22H31N5O4/c23-20(24)16-8-6-14(7-9-16)12-26-21(30)17-10-11-27(17)22(31)19(25-13-18(28)29)15-4-2-1-3-5-15/h6-9,15,17,19,25H,1-5,10-13H2,(H3,23,24)(H,26,30)(H,28,29)/t17-,19+/m0/s1/i8T,9T. The van der Waals surface area contributed by atoms with Crippen LogP contribution in [0.15, 0.2) is 24.2 Å². The molecule has 2 aliphatic rings. The number of carbonyl (C=O) groups is 3. The van der Waals surface area contributed by atoms with E-state index in [4.69, 9.17) is 19.0 Å². The van der Waals surface area contributed by atoms with Crippen molar-refractivity contribution in [3.63, 3.8) is 0 Å². The van der Waals surface area contributed by atoms with Gasteiger partial charge in [0.1, 0.15) is 11.9 Å². The molecule has 1 aromatic carbocycles. The third kappa shape index (κ3) is 5.81. The second-order valence-corrected chi connectivity index (χ2v) is 8.15. The summed E-state index contributed by atoms with van der Waals surface area (Å²) < 4.78 is 15.9. The molecule has 0 spiro atoms. The lowest BCUT2D eigenvalue weighted by Gasteiger charge is -2.43. The number of nitrogens with zero attached hydrogens (tertiary/aromatic N) is 1. The van der Waals surface area contributed by atoms with Gasteiger partial charge in [-0.2, -0.15) is 0 Å². The molecule has 1 saturated carbocycles. The first-order chi connectivity index (χ1) is 15.7. The summed E-state index contributed by atoms with van der Waals surface area (Å²) in [4.78, 5) is 38.6. The number of hydrogen-bond donors (Lipinski definition) is 5. The van der Waals surface area contributed by atoms with Crippen molar-refractivity contribution in [3.8, 4) is 0 Å². The molecule has 0 unspecified atom stereocenters. The Morgan fingerprint density at radius 2 is 1.90 bits per heavy atom. The van der Waals surface area contributed by atoms with E-state index in [1.54, 1.807) is 0 Å². The largest absolute Gasteiger partial charge is 0.480 e. The summed E-state index contributed by atoms with van der Waals surface area (Å²) >= 11 is 0. The van der Waals surface area contributed by atoms with Crippen molar-refractivity contribution in [3.05, 3.63) is 35.3 Å². The average molecular weight is 434 g/mol. The van der Waals surface area contributed by atoms with Crippen molar-refractivity contribution in [1.82, 2.24) is 15.5 Å². The van der Waals surface area contributed by atoms with Crippen molar-refractivity contribution in [2.45, 2.75) is 57.2 Å². The van der Waals surface area contributed by atoms with E-state index < -0.39 is 18.1 Å². The van der Waals surface area contributed by atoms with E-state index in [0.29, 0.717) is 18.5 Å². The molecule has 1 aromatic rings. The Hall–Kier alpha value is -2.94. The maximum atomic E-state index is 13.2. The monoisotopic (exact) mass is 433 g/mol. The summed E-state index contributed by atoms with van der Waals surface area (Å²) in [6.45, 7) is 0.214. The summed E-state index contributed by atoms with van der Waals surface area (Å²) in [6, 6.07) is 1.55. The zero-order valence-corrected chi connectivity index (χ0v) is 17.4. The number of amides is 2. The third-order valence-corrected chi connectivity index (χ3v) is 6.01. The van der Waals surface area contributed by atoms with Crippen molar-refractivity contribution in [1.29, 1.82) is 5.41 Å². The Labute approximate surface area is 184 Å². The van der Waals surface area contributed by atoms with Crippen molar-refractivity contribution in [2.75, 3.05) is 13.1 Å². The minimum atomic E-state index is -1.03. The van der Waals surface area contributed by atoms with Gasteiger partial charge in [-0.3, -0.25) is 25.1 Å². The van der Waals surface area contributed by atoms with Crippen LogP contribution in [0.25, 0.3) is 0 Å². The maximum Gasteiger partial charge on any atom is 0.317 e. The Bertz CT molecular complexity index is 912. The van der Waals surface area contributed by atoms with Crippen LogP contribution in [-0.2, 0) is 20.9 Å². The Morgan fingerprint density at radius 1 is 1.23 bits per heavy atom. The molecule has 0 bridgehead atoms. The van der Waals surface area contributed by atoms with Crippen LogP contribution in [0.4, 0.5) is 0 Å². The van der Waals surface area contributed by atoms with Gasteiger partial charge in [0.05, 0.1) is 15.3 Å². The lowest BCUT2D eigenvalue weighted by Crippen LogP contribution is -2.63. The van der Waals surface area contributed by atoms with Crippen LogP contribution < -0.4 is 16.4 Å². The molecule has 9 nitrogen and oxygen atoms in total. The van der Waals surface area contributed by atoms with Crippen LogP contribution in [0, 0.1) is 11.3 Å². The molecule has 0 radical (unpaired) electrons. The molecular formula is C22H31N5O4. The lowest BCUT2D eigenvalue weighted by atomic mass is 9.82. The molecule has 2 amide bonds. The van der Waals surface area contributed by atoms with Crippen molar-refractivity contribution in [2.24, 2.45) is 11.7 Å². The highest BCUT2D eigenvalue weighted by molar-refractivity contribution is 5.95. The van der Waals surface area contributed by atoms with E-state index in [9.17, 15) is 14.4 Å². The first kappa shape index (κ1) is 20.0. The fraction of sp³-hybridized carbons (Fsp3) is 0.545. The first-order valence-electron chi connectivity index (χ1n) is 11.7. The summed E-state index contributed by atoms with van der Waals surface area (Å²) in [5.74, 6) is -1.89. The quantitative estimate of drug-likeness (QED) is 0.287. The van der Waals surface area contributed by atoms with Crippen LogP contribution >= 0.6 is 0 Å². The fourth-order valence-corrected chi connectivity index (χ4v) is 4.20. The van der Waals surface area contributed by atoms with Gasteiger partial charge in [-0.25, -0.2) is 0 Å². The molecule has 1 saturated heterocycles. The number of carboxylic acid groups (broad SMARTS) is 1. The third-order valence-electron chi connectivity index (χ3n) is 6.01. The van der Waals surface area contributed by atoms with E-state index in [2.05, 4.69) is 10.6 Å². The molecule has 0 aromatic heterocycles. The van der Waals surface area contributed by atoms with Crippen molar-refractivity contribution >= 4 is 23.6 Å². The molecule has 9 heteroatoms.